The monoisotopic (exact) mass is 389 g/mol. The number of hydrogen-bond donors (Lipinski definition) is 1. The third-order valence-corrected chi connectivity index (χ3v) is 4.74. The topological polar surface area (TPSA) is 105 Å². The predicted octanol–water partition coefficient (Wildman–Crippen LogP) is 1.97. The Morgan fingerprint density at radius 2 is 1.82 bits per heavy atom. The Balaban J connectivity index is 1.52. The summed E-state index contributed by atoms with van der Waals surface area (Å²) >= 11 is 0. The molecule has 28 heavy (non-hydrogen) atoms. The molecule has 1 aromatic carbocycles. The van der Waals surface area contributed by atoms with Gasteiger partial charge in [-0.1, -0.05) is 30.3 Å². The van der Waals surface area contributed by atoms with E-state index >= 15 is 0 Å². The summed E-state index contributed by atoms with van der Waals surface area (Å²) in [6, 6.07) is 9.35. The first-order chi connectivity index (χ1) is 13.4. The van der Waals surface area contributed by atoms with Gasteiger partial charge in [0.25, 0.3) is 11.8 Å². The molecule has 2 heterocycles. The van der Waals surface area contributed by atoms with Crippen LogP contribution >= 0.6 is 0 Å². The molecule has 0 aromatic heterocycles. The Morgan fingerprint density at radius 1 is 1.14 bits per heavy atom. The van der Waals surface area contributed by atoms with E-state index in [9.17, 15) is 19.2 Å². The van der Waals surface area contributed by atoms with Crippen LogP contribution in [0.4, 0.5) is 9.59 Å². The van der Waals surface area contributed by atoms with Crippen molar-refractivity contribution in [3.05, 3.63) is 35.9 Å². The van der Waals surface area contributed by atoms with Crippen molar-refractivity contribution in [2.24, 2.45) is 0 Å². The molecule has 3 rings (SSSR count). The summed E-state index contributed by atoms with van der Waals surface area (Å²) in [6.45, 7) is 2.70. The number of nitrogens with zero attached hydrogens (tertiary/aromatic N) is 2. The highest BCUT2D eigenvalue weighted by Gasteiger charge is 2.38. The van der Waals surface area contributed by atoms with Crippen molar-refractivity contribution >= 4 is 24.0 Å². The van der Waals surface area contributed by atoms with Crippen molar-refractivity contribution in [3.8, 4) is 0 Å². The summed E-state index contributed by atoms with van der Waals surface area (Å²) in [5.41, 5.74) is 0.129. The van der Waals surface area contributed by atoms with E-state index in [2.05, 4.69) is 5.32 Å². The molecule has 150 valence electrons. The molecule has 0 unspecified atom stereocenters. The van der Waals surface area contributed by atoms with Gasteiger partial charge in [-0.25, -0.2) is 9.59 Å². The van der Waals surface area contributed by atoms with Gasteiger partial charge in [-0.05, 0) is 25.3 Å². The minimum atomic E-state index is -0.898. The molecular weight excluding hydrogens is 366 g/mol. The first-order valence-electron chi connectivity index (χ1n) is 9.18. The average Bonchev–Trinajstić information content (AvgIpc) is 2.98. The molecule has 1 N–H and O–H groups in total. The largest absolute Gasteiger partial charge is 0.445 e. The number of piperidine rings is 1. The molecule has 2 fully saturated rings. The number of amides is 4. The van der Waals surface area contributed by atoms with E-state index in [1.54, 1.807) is 6.92 Å². The quantitative estimate of drug-likeness (QED) is 0.790. The third-order valence-electron chi connectivity index (χ3n) is 4.74. The van der Waals surface area contributed by atoms with Crippen LogP contribution in [0.3, 0.4) is 0 Å². The van der Waals surface area contributed by atoms with Crippen LogP contribution in [0.1, 0.15) is 38.2 Å². The Hall–Kier alpha value is -3.10. The zero-order chi connectivity index (χ0) is 20.1. The zero-order valence-electron chi connectivity index (χ0n) is 15.7. The second-order valence-corrected chi connectivity index (χ2v) is 7.21. The third kappa shape index (κ3) is 4.79. The SMILES string of the molecule is C[C@@]1(NC(=O)ON2C(=O)CCC2=O)CCCN(C(=O)OCc2ccccc2)C1. The van der Waals surface area contributed by atoms with E-state index in [1.807, 2.05) is 30.3 Å². The van der Waals surface area contributed by atoms with E-state index in [-0.39, 0.29) is 26.0 Å². The van der Waals surface area contributed by atoms with Crippen molar-refractivity contribution in [2.75, 3.05) is 13.1 Å². The maximum absolute atomic E-state index is 12.4. The lowest BCUT2D eigenvalue weighted by Crippen LogP contribution is -2.58. The maximum Gasteiger partial charge on any atom is 0.432 e. The fourth-order valence-corrected chi connectivity index (χ4v) is 3.32. The summed E-state index contributed by atoms with van der Waals surface area (Å²) in [4.78, 5) is 54.0. The maximum atomic E-state index is 12.4. The molecule has 0 spiro atoms. The highest BCUT2D eigenvalue weighted by Crippen LogP contribution is 2.22. The lowest BCUT2D eigenvalue weighted by molar-refractivity contribution is -0.172. The van der Waals surface area contributed by atoms with Gasteiger partial charge in [0.05, 0.1) is 5.54 Å². The molecule has 9 heteroatoms. The Bertz CT molecular complexity index is 752. The van der Waals surface area contributed by atoms with E-state index < -0.39 is 29.5 Å². The van der Waals surface area contributed by atoms with Crippen LogP contribution in [0.2, 0.25) is 0 Å². The molecule has 1 atom stereocenters. The Labute approximate surface area is 162 Å². The van der Waals surface area contributed by atoms with Gasteiger partial charge in [0, 0.05) is 25.9 Å². The molecule has 4 amide bonds. The van der Waals surface area contributed by atoms with Gasteiger partial charge < -0.3 is 19.8 Å². The molecule has 2 saturated heterocycles. The highest BCUT2D eigenvalue weighted by molar-refractivity contribution is 6.01. The molecule has 0 radical (unpaired) electrons. The van der Waals surface area contributed by atoms with Crippen LogP contribution < -0.4 is 5.32 Å². The number of ether oxygens (including phenoxy) is 1. The number of benzene rings is 1. The molecule has 1 aromatic rings. The number of hydroxylamine groups is 2. The average molecular weight is 389 g/mol. The van der Waals surface area contributed by atoms with Crippen molar-refractivity contribution in [1.29, 1.82) is 0 Å². The first kappa shape index (κ1) is 19.7. The molecule has 2 aliphatic heterocycles. The fourth-order valence-electron chi connectivity index (χ4n) is 3.32. The van der Waals surface area contributed by atoms with Crippen LogP contribution in [0.25, 0.3) is 0 Å². The fraction of sp³-hybridized carbons (Fsp3) is 0.474. The first-order valence-corrected chi connectivity index (χ1v) is 9.18. The number of nitrogens with one attached hydrogen (secondary N) is 1. The molecule has 2 aliphatic rings. The molecule has 9 nitrogen and oxygen atoms in total. The van der Waals surface area contributed by atoms with Crippen LogP contribution in [0.15, 0.2) is 30.3 Å². The van der Waals surface area contributed by atoms with E-state index in [0.29, 0.717) is 24.4 Å². The van der Waals surface area contributed by atoms with Gasteiger partial charge in [0.15, 0.2) is 0 Å². The van der Waals surface area contributed by atoms with E-state index in [4.69, 9.17) is 9.57 Å². The molecular formula is C19H23N3O6. The van der Waals surface area contributed by atoms with Gasteiger partial charge in [-0.2, -0.15) is 0 Å². The van der Waals surface area contributed by atoms with Crippen molar-refractivity contribution in [3.63, 3.8) is 0 Å². The van der Waals surface area contributed by atoms with Gasteiger partial charge in [-0.3, -0.25) is 9.59 Å². The zero-order valence-corrected chi connectivity index (χ0v) is 15.7. The van der Waals surface area contributed by atoms with Gasteiger partial charge in [0.1, 0.15) is 6.61 Å². The van der Waals surface area contributed by atoms with Gasteiger partial charge in [0.2, 0.25) is 0 Å². The summed E-state index contributed by atoms with van der Waals surface area (Å²) in [5, 5.41) is 3.16. The summed E-state index contributed by atoms with van der Waals surface area (Å²) in [6.07, 6.45) is -0.0134. The predicted molar refractivity (Wildman–Crippen MR) is 96.5 cm³/mol. The Kier molecular flexibility index (Phi) is 5.81. The van der Waals surface area contributed by atoms with E-state index in [1.165, 1.54) is 4.90 Å². The smallest absolute Gasteiger partial charge is 0.432 e. The van der Waals surface area contributed by atoms with Crippen LogP contribution in [0.5, 0.6) is 0 Å². The van der Waals surface area contributed by atoms with Crippen molar-refractivity contribution in [2.45, 2.75) is 44.8 Å². The lowest BCUT2D eigenvalue weighted by Gasteiger charge is -2.40. The van der Waals surface area contributed by atoms with Gasteiger partial charge in [-0.15, -0.1) is 5.06 Å². The number of likely N-dealkylation sites (tertiary alicyclic amines) is 1. The number of carbonyl (C=O) groups excluding carboxylic acids is 4. The van der Waals surface area contributed by atoms with Crippen LogP contribution in [-0.4, -0.2) is 52.6 Å². The number of hydrogen-bond acceptors (Lipinski definition) is 6. The van der Waals surface area contributed by atoms with Crippen LogP contribution in [-0.2, 0) is 25.8 Å². The Morgan fingerprint density at radius 3 is 2.50 bits per heavy atom. The van der Waals surface area contributed by atoms with E-state index in [0.717, 1.165) is 5.56 Å². The number of imide groups is 1. The molecule has 0 bridgehead atoms. The second-order valence-electron chi connectivity index (χ2n) is 7.21. The summed E-state index contributed by atoms with van der Waals surface area (Å²) in [5.74, 6) is -1.08. The minimum Gasteiger partial charge on any atom is -0.445 e. The normalized spacial score (nSPS) is 22.2. The summed E-state index contributed by atoms with van der Waals surface area (Å²) in [7, 11) is 0. The number of rotatable bonds is 4. The second kappa shape index (κ2) is 8.28. The lowest BCUT2D eigenvalue weighted by atomic mass is 9.91. The molecule has 0 aliphatic carbocycles. The van der Waals surface area contributed by atoms with Crippen LogP contribution in [0, 0.1) is 0 Å². The highest BCUT2D eigenvalue weighted by atomic mass is 16.7. The summed E-state index contributed by atoms with van der Waals surface area (Å²) < 4.78 is 5.35. The number of carbonyl (C=O) groups is 4. The van der Waals surface area contributed by atoms with Gasteiger partial charge >= 0.3 is 12.2 Å². The minimum absolute atomic E-state index is 0.0322. The van der Waals surface area contributed by atoms with Crippen molar-refractivity contribution in [1.82, 2.24) is 15.3 Å². The standard InChI is InChI=1S/C19H23N3O6/c1-19(20-17(25)28-22-15(23)8-9-16(22)24)10-5-11-21(13-19)18(26)27-12-14-6-3-2-4-7-14/h2-4,6-7H,5,8-13H2,1H3,(H,20,25)/t19-/m1/s1. The molecule has 0 saturated carbocycles. The van der Waals surface area contributed by atoms with Crippen molar-refractivity contribution < 1.29 is 28.8 Å².